The van der Waals surface area contributed by atoms with E-state index in [-0.39, 0.29) is 11.4 Å². The molecule has 0 bridgehead atoms. The van der Waals surface area contributed by atoms with Gasteiger partial charge in [-0.15, -0.1) is 0 Å². The standard InChI is InChI=1S/C27H35N7O5S/c1-5-7-22(32-27-28-10-11-29-27)39-26(36)21(34-40(37,38)24-17(3)12-16(2)13-18(24)4)15-30-25(35)20-9-6-8-19-14-31-33-23(19)20/h6,8-9,12-14,21-22,34H,5,7,10-11,15H2,1-4H3,(H,30,35)(H,31,33)(H2,28,29,32). The summed E-state index contributed by atoms with van der Waals surface area (Å²) in [5.41, 5.74) is 2.85. The maximum Gasteiger partial charge on any atom is 0.327 e. The molecule has 3 aromatic rings. The maximum atomic E-state index is 13.6. The van der Waals surface area contributed by atoms with Gasteiger partial charge in [-0.25, -0.2) is 8.42 Å². The van der Waals surface area contributed by atoms with Gasteiger partial charge in [0.05, 0.1) is 28.7 Å². The lowest BCUT2D eigenvalue weighted by molar-refractivity contribution is -0.152. The number of aromatic nitrogens is 2. The van der Waals surface area contributed by atoms with Gasteiger partial charge in [-0.05, 0) is 38.0 Å². The fourth-order valence-electron chi connectivity index (χ4n) is 4.75. The topological polar surface area (TPSA) is 167 Å². The first-order valence-electron chi connectivity index (χ1n) is 13.1. The van der Waals surface area contributed by atoms with E-state index in [1.807, 2.05) is 13.8 Å². The quantitative estimate of drug-likeness (QED) is 0.172. The summed E-state index contributed by atoms with van der Waals surface area (Å²) in [6.45, 7) is 8.14. The zero-order valence-electron chi connectivity index (χ0n) is 23.0. The number of H-pyrrole nitrogens is 1. The highest BCUT2D eigenvalue weighted by atomic mass is 32.2. The van der Waals surface area contributed by atoms with Crippen LogP contribution in [0, 0.1) is 20.8 Å². The third-order valence-corrected chi connectivity index (χ3v) is 8.20. The number of esters is 1. The number of carbonyl (C=O) groups is 2. The second-order valence-corrected chi connectivity index (χ2v) is 11.4. The number of para-hydroxylation sites is 1. The summed E-state index contributed by atoms with van der Waals surface area (Å²) in [6, 6.07) is 7.25. The van der Waals surface area contributed by atoms with Crippen LogP contribution in [0.15, 0.2) is 46.4 Å². The van der Waals surface area contributed by atoms with Crippen LogP contribution in [0.25, 0.3) is 10.9 Å². The Morgan fingerprint density at radius 3 is 2.58 bits per heavy atom. The molecule has 5 N–H and O–H groups in total. The number of benzene rings is 2. The first-order valence-corrected chi connectivity index (χ1v) is 14.6. The van der Waals surface area contributed by atoms with E-state index in [0.29, 0.717) is 54.1 Å². The normalized spacial score (nSPS) is 14.8. The van der Waals surface area contributed by atoms with E-state index in [9.17, 15) is 18.0 Å². The van der Waals surface area contributed by atoms with E-state index in [4.69, 9.17) is 4.74 Å². The molecule has 2 aromatic carbocycles. The molecule has 13 heteroatoms. The van der Waals surface area contributed by atoms with Gasteiger partial charge in [0, 0.05) is 24.9 Å². The van der Waals surface area contributed by atoms with Crippen LogP contribution >= 0.6 is 0 Å². The first kappa shape index (κ1) is 29.0. The summed E-state index contributed by atoms with van der Waals surface area (Å²) in [5.74, 6) is -0.826. The number of ether oxygens (including phenoxy) is 1. The number of nitrogens with one attached hydrogen (secondary N) is 5. The molecule has 0 fully saturated rings. The molecule has 0 aliphatic carbocycles. The van der Waals surface area contributed by atoms with Gasteiger partial charge in [0.2, 0.25) is 10.0 Å². The highest BCUT2D eigenvalue weighted by Crippen LogP contribution is 2.22. The number of fused-ring (bicyclic) bond motifs is 1. The number of aliphatic imine (C=N–C) groups is 1. The van der Waals surface area contributed by atoms with Gasteiger partial charge in [-0.3, -0.25) is 19.7 Å². The van der Waals surface area contributed by atoms with Crippen molar-refractivity contribution in [3.05, 3.63) is 58.8 Å². The number of hydrogen-bond acceptors (Lipinski definition) is 9. The lowest BCUT2D eigenvalue weighted by atomic mass is 10.1. The molecule has 12 nitrogen and oxygen atoms in total. The third-order valence-electron chi connectivity index (χ3n) is 6.42. The van der Waals surface area contributed by atoms with Crippen molar-refractivity contribution >= 4 is 38.8 Å². The Balaban J connectivity index is 1.58. The Morgan fingerprint density at radius 1 is 1.15 bits per heavy atom. The van der Waals surface area contributed by atoms with Crippen LogP contribution in [0.3, 0.4) is 0 Å². The molecule has 2 atom stereocenters. The Labute approximate surface area is 233 Å². The molecular weight excluding hydrogens is 534 g/mol. The van der Waals surface area contributed by atoms with E-state index >= 15 is 0 Å². The molecule has 0 radical (unpaired) electrons. The Bertz CT molecular complexity index is 1510. The third kappa shape index (κ3) is 6.77. The van der Waals surface area contributed by atoms with Crippen LogP contribution in [0.1, 0.15) is 46.8 Å². The minimum Gasteiger partial charge on any atom is -0.440 e. The molecular formula is C27H35N7O5S. The zero-order valence-corrected chi connectivity index (χ0v) is 23.8. The predicted molar refractivity (Wildman–Crippen MR) is 151 cm³/mol. The summed E-state index contributed by atoms with van der Waals surface area (Å²) in [5, 5.41) is 16.3. The molecule has 40 heavy (non-hydrogen) atoms. The van der Waals surface area contributed by atoms with E-state index in [1.54, 1.807) is 50.4 Å². The largest absolute Gasteiger partial charge is 0.440 e. The van der Waals surface area contributed by atoms with Gasteiger partial charge >= 0.3 is 5.97 Å². The van der Waals surface area contributed by atoms with Crippen LogP contribution in [0.5, 0.6) is 0 Å². The highest BCUT2D eigenvalue weighted by molar-refractivity contribution is 7.89. The van der Waals surface area contributed by atoms with Gasteiger partial charge in [0.15, 0.2) is 12.2 Å². The first-order chi connectivity index (χ1) is 19.1. The molecule has 0 saturated carbocycles. The van der Waals surface area contributed by atoms with Crippen molar-refractivity contribution in [2.24, 2.45) is 4.99 Å². The van der Waals surface area contributed by atoms with Crippen molar-refractivity contribution in [3.8, 4) is 0 Å². The molecule has 1 aliphatic rings. The Hall–Kier alpha value is -3.97. The van der Waals surface area contributed by atoms with Crippen LogP contribution in [-0.4, -0.2) is 68.4 Å². The number of guanidine groups is 1. The summed E-state index contributed by atoms with van der Waals surface area (Å²) >= 11 is 0. The summed E-state index contributed by atoms with van der Waals surface area (Å²) in [4.78, 5) is 30.9. The van der Waals surface area contributed by atoms with Gasteiger partial charge in [-0.2, -0.15) is 9.82 Å². The number of nitrogens with zero attached hydrogens (tertiary/aromatic N) is 2. The fourth-order valence-corrected chi connectivity index (χ4v) is 6.39. The zero-order chi connectivity index (χ0) is 28.9. The summed E-state index contributed by atoms with van der Waals surface area (Å²) in [7, 11) is -4.17. The molecule has 4 rings (SSSR count). The van der Waals surface area contributed by atoms with Gasteiger partial charge < -0.3 is 20.7 Å². The molecule has 0 saturated heterocycles. The van der Waals surface area contributed by atoms with Crippen molar-refractivity contribution in [1.82, 2.24) is 30.9 Å². The molecule has 0 spiro atoms. The minimum atomic E-state index is -4.17. The number of hydrogen-bond donors (Lipinski definition) is 5. The smallest absolute Gasteiger partial charge is 0.327 e. The summed E-state index contributed by atoms with van der Waals surface area (Å²) in [6.07, 6.45) is 2.01. The van der Waals surface area contributed by atoms with Crippen LogP contribution in [0.4, 0.5) is 0 Å². The maximum absolute atomic E-state index is 13.6. The number of amides is 1. The monoisotopic (exact) mass is 569 g/mol. The minimum absolute atomic E-state index is 0.0807. The fraction of sp³-hybridized carbons (Fsp3) is 0.407. The Kier molecular flexibility index (Phi) is 9.05. The molecule has 1 aliphatic heterocycles. The van der Waals surface area contributed by atoms with Crippen molar-refractivity contribution in [3.63, 3.8) is 0 Å². The van der Waals surface area contributed by atoms with Crippen molar-refractivity contribution in [1.29, 1.82) is 0 Å². The van der Waals surface area contributed by atoms with E-state index in [2.05, 4.69) is 35.9 Å². The SMILES string of the molecule is CCCC(NC1=NCCN1)OC(=O)C(CNC(=O)c1cccc2cn[nH]c12)NS(=O)(=O)c1c(C)cc(C)cc1C. The van der Waals surface area contributed by atoms with E-state index in [0.717, 1.165) is 10.9 Å². The van der Waals surface area contributed by atoms with Gasteiger partial charge in [-0.1, -0.05) is 43.2 Å². The van der Waals surface area contributed by atoms with Gasteiger partial charge in [0.1, 0.15) is 6.04 Å². The average Bonchev–Trinajstić information content (AvgIpc) is 3.57. The van der Waals surface area contributed by atoms with Crippen LogP contribution in [-0.2, 0) is 19.6 Å². The van der Waals surface area contributed by atoms with E-state index in [1.165, 1.54) is 0 Å². The Morgan fingerprint density at radius 2 is 1.90 bits per heavy atom. The number of aryl methyl sites for hydroxylation is 3. The number of rotatable bonds is 11. The molecule has 1 aromatic heterocycles. The lowest BCUT2D eigenvalue weighted by Crippen LogP contribution is -2.52. The average molecular weight is 570 g/mol. The molecule has 2 heterocycles. The second kappa shape index (κ2) is 12.5. The number of aromatic amines is 1. The second-order valence-electron chi connectivity index (χ2n) is 9.77. The number of carbonyl (C=O) groups excluding carboxylic acids is 2. The van der Waals surface area contributed by atoms with Crippen LogP contribution < -0.4 is 20.7 Å². The van der Waals surface area contributed by atoms with Gasteiger partial charge in [0.25, 0.3) is 5.91 Å². The van der Waals surface area contributed by atoms with E-state index < -0.39 is 34.2 Å². The molecule has 2 unspecified atom stereocenters. The molecule has 1 amide bonds. The van der Waals surface area contributed by atoms with Crippen molar-refractivity contribution < 1.29 is 22.7 Å². The van der Waals surface area contributed by atoms with Crippen LogP contribution in [0.2, 0.25) is 0 Å². The number of sulfonamides is 1. The van der Waals surface area contributed by atoms with Crippen molar-refractivity contribution in [2.75, 3.05) is 19.6 Å². The summed E-state index contributed by atoms with van der Waals surface area (Å²) < 4.78 is 35.3. The van der Waals surface area contributed by atoms with Crippen molar-refractivity contribution in [2.45, 2.75) is 57.7 Å². The lowest BCUT2D eigenvalue weighted by Gasteiger charge is -2.24. The molecule has 214 valence electrons. The highest BCUT2D eigenvalue weighted by Gasteiger charge is 2.31. The predicted octanol–water partition coefficient (Wildman–Crippen LogP) is 1.78.